The minimum absolute atomic E-state index is 0.0273. The van der Waals surface area contributed by atoms with E-state index in [4.69, 9.17) is 0 Å². The molecule has 1 fully saturated rings. The molecule has 2 rings (SSSR count). The van der Waals surface area contributed by atoms with E-state index in [1.807, 2.05) is 12.1 Å². The van der Waals surface area contributed by atoms with Crippen molar-refractivity contribution in [2.24, 2.45) is 0 Å². The Morgan fingerprint density at radius 3 is 2.48 bits per heavy atom. The number of carbonyl (C=O) groups is 1. The molecular formula is C20H33N3O3S. The number of hydrogen-bond acceptors (Lipinski definition) is 4. The summed E-state index contributed by atoms with van der Waals surface area (Å²) in [5, 5.41) is 2.92. The third kappa shape index (κ3) is 6.30. The summed E-state index contributed by atoms with van der Waals surface area (Å²) < 4.78 is 27.3. The highest BCUT2D eigenvalue weighted by Gasteiger charge is 2.23. The van der Waals surface area contributed by atoms with E-state index < -0.39 is 10.0 Å². The molecule has 1 saturated heterocycles. The Kier molecular flexibility index (Phi) is 7.42. The molecule has 6 nitrogen and oxygen atoms in total. The number of hydrogen-bond donors (Lipinski definition) is 2. The van der Waals surface area contributed by atoms with E-state index in [1.54, 1.807) is 12.1 Å². The molecule has 7 heteroatoms. The van der Waals surface area contributed by atoms with Crippen LogP contribution in [0.15, 0.2) is 29.2 Å². The first-order chi connectivity index (χ1) is 12.6. The first kappa shape index (κ1) is 21.9. The highest BCUT2D eigenvalue weighted by atomic mass is 32.2. The number of sulfonamides is 1. The van der Waals surface area contributed by atoms with Gasteiger partial charge in [-0.3, -0.25) is 9.69 Å². The van der Waals surface area contributed by atoms with Crippen molar-refractivity contribution in [3.63, 3.8) is 0 Å². The molecule has 0 aromatic heterocycles. The average molecular weight is 396 g/mol. The van der Waals surface area contributed by atoms with Gasteiger partial charge in [-0.05, 0) is 49.0 Å². The molecule has 1 heterocycles. The molecule has 0 aliphatic carbocycles. The van der Waals surface area contributed by atoms with Crippen LogP contribution >= 0.6 is 0 Å². The summed E-state index contributed by atoms with van der Waals surface area (Å²) in [5.41, 5.74) is 1.05. The molecule has 1 aliphatic rings. The topological polar surface area (TPSA) is 78.5 Å². The van der Waals surface area contributed by atoms with Crippen LogP contribution in [0.4, 0.5) is 0 Å². The molecule has 1 unspecified atom stereocenters. The molecule has 0 spiro atoms. The second-order valence-corrected chi connectivity index (χ2v) is 9.92. The second kappa shape index (κ2) is 9.17. The highest BCUT2D eigenvalue weighted by Crippen LogP contribution is 2.23. The van der Waals surface area contributed by atoms with Gasteiger partial charge in [0, 0.05) is 25.6 Å². The predicted molar refractivity (Wildman–Crippen MR) is 108 cm³/mol. The van der Waals surface area contributed by atoms with Gasteiger partial charge in [-0.25, -0.2) is 13.1 Å². The normalized spacial score (nSPS) is 18.6. The number of carbonyl (C=O) groups excluding carboxylic acids is 1. The fourth-order valence-electron chi connectivity index (χ4n) is 3.38. The van der Waals surface area contributed by atoms with E-state index in [-0.39, 0.29) is 29.2 Å². The molecule has 2 N–H and O–H groups in total. The Hall–Kier alpha value is -1.44. The van der Waals surface area contributed by atoms with E-state index in [0.717, 1.165) is 25.1 Å². The van der Waals surface area contributed by atoms with E-state index >= 15 is 0 Å². The van der Waals surface area contributed by atoms with Crippen molar-refractivity contribution in [2.75, 3.05) is 26.2 Å². The van der Waals surface area contributed by atoms with Crippen molar-refractivity contribution < 1.29 is 13.2 Å². The molecule has 0 bridgehead atoms. The Morgan fingerprint density at radius 2 is 1.89 bits per heavy atom. The Bertz CT molecular complexity index is 724. The first-order valence-corrected chi connectivity index (χ1v) is 11.2. The fourth-order valence-corrected chi connectivity index (χ4v) is 4.41. The van der Waals surface area contributed by atoms with Gasteiger partial charge in [0.25, 0.3) is 0 Å². The van der Waals surface area contributed by atoms with Crippen molar-refractivity contribution >= 4 is 15.9 Å². The molecule has 0 radical (unpaired) electrons. The third-order valence-corrected chi connectivity index (χ3v) is 6.59. The van der Waals surface area contributed by atoms with Crippen molar-refractivity contribution in [2.45, 2.75) is 63.3 Å². The Balaban J connectivity index is 1.78. The van der Waals surface area contributed by atoms with Crippen LogP contribution in [0.5, 0.6) is 0 Å². The predicted octanol–water partition coefficient (Wildman–Crippen LogP) is 2.25. The Labute approximate surface area is 163 Å². The zero-order valence-electron chi connectivity index (χ0n) is 16.9. The quantitative estimate of drug-likeness (QED) is 0.708. The molecule has 152 valence electrons. The minimum atomic E-state index is -3.60. The molecule has 1 aromatic carbocycles. The number of likely N-dealkylation sites (N-methyl/N-ethyl adjacent to an activating group) is 1. The highest BCUT2D eigenvalue weighted by molar-refractivity contribution is 7.89. The van der Waals surface area contributed by atoms with Crippen molar-refractivity contribution in [3.8, 4) is 0 Å². The number of benzene rings is 1. The van der Waals surface area contributed by atoms with E-state index in [0.29, 0.717) is 12.6 Å². The van der Waals surface area contributed by atoms with Crippen LogP contribution in [0.3, 0.4) is 0 Å². The largest absolute Gasteiger partial charge is 0.354 e. The van der Waals surface area contributed by atoms with Crippen LogP contribution in [-0.4, -0.2) is 51.4 Å². The summed E-state index contributed by atoms with van der Waals surface area (Å²) in [6.45, 7) is 11.2. The smallest absolute Gasteiger partial charge is 0.240 e. The summed E-state index contributed by atoms with van der Waals surface area (Å²) in [4.78, 5) is 14.6. The maximum absolute atomic E-state index is 12.4. The van der Waals surface area contributed by atoms with Crippen molar-refractivity contribution in [3.05, 3.63) is 29.8 Å². The number of rotatable bonds is 8. The minimum Gasteiger partial charge on any atom is -0.354 e. The second-order valence-electron chi connectivity index (χ2n) is 8.15. The van der Waals surface area contributed by atoms with Gasteiger partial charge < -0.3 is 5.32 Å². The maximum Gasteiger partial charge on any atom is 0.240 e. The van der Waals surface area contributed by atoms with Crippen LogP contribution in [0.25, 0.3) is 0 Å². The van der Waals surface area contributed by atoms with Crippen molar-refractivity contribution in [1.29, 1.82) is 0 Å². The van der Waals surface area contributed by atoms with E-state index in [9.17, 15) is 13.2 Å². The number of likely N-dealkylation sites (tertiary alicyclic amines) is 1. The lowest BCUT2D eigenvalue weighted by molar-refractivity contribution is -0.121. The van der Waals surface area contributed by atoms with Crippen LogP contribution in [0.1, 0.15) is 52.5 Å². The summed E-state index contributed by atoms with van der Waals surface area (Å²) in [6, 6.07) is 7.30. The molecule has 1 aliphatic heterocycles. The van der Waals surface area contributed by atoms with E-state index in [2.05, 4.69) is 42.6 Å². The molecular weight excluding hydrogens is 362 g/mol. The summed E-state index contributed by atoms with van der Waals surface area (Å²) in [7, 11) is -3.60. The van der Waals surface area contributed by atoms with Crippen LogP contribution < -0.4 is 10.0 Å². The summed E-state index contributed by atoms with van der Waals surface area (Å²) >= 11 is 0. The van der Waals surface area contributed by atoms with Gasteiger partial charge in [0.2, 0.25) is 15.9 Å². The van der Waals surface area contributed by atoms with Gasteiger partial charge in [-0.2, -0.15) is 0 Å². The summed E-state index contributed by atoms with van der Waals surface area (Å²) in [5.74, 6) is -0.122. The van der Waals surface area contributed by atoms with Gasteiger partial charge in [-0.1, -0.05) is 39.8 Å². The van der Waals surface area contributed by atoms with Crippen LogP contribution in [0.2, 0.25) is 0 Å². The molecule has 27 heavy (non-hydrogen) atoms. The first-order valence-electron chi connectivity index (χ1n) is 9.74. The lowest BCUT2D eigenvalue weighted by atomic mass is 9.87. The number of amides is 1. The Morgan fingerprint density at radius 1 is 1.22 bits per heavy atom. The average Bonchev–Trinajstić information content (AvgIpc) is 3.07. The van der Waals surface area contributed by atoms with Crippen LogP contribution in [0, 0.1) is 0 Å². The number of nitrogens with zero attached hydrogens (tertiary/aromatic N) is 1. The molecule has 1 amide bonds. The molecule has 1 atom stereocenters. The van der Waals surface area contributed by atoms with Gasteiger partial charge in [0.05, 0.1) is 4.90 Å². The fraction of sp³-hybridized carbons (Fsp3) is 0.650. The monoisotopic (exact) mass is 395 g/mol. The lowest BCUT2D eigenvalue weighted by Crippen LogP contribution is -2.40. The van der Waals surface area contributed by atoms with Gasteiger partial charge in [0.15, 0.2) is 0 Å². The lowest BCUT2D eigenvalue weighted by Gasteiger charge is -2.22. The van der Waals surface area contributed by atoms with Crippen LogP contribution in [-0.2, 0) is 20.2 Å². The zero-order chi connectivity index (χ0) is 20.1. The SMILES string of the molecule is CCN1CCCC1CNC(=O)CCNS(=O)(=O)c1ccc(C(C)(C)C)cc1. The molecule has 0 saturated carbocycles. The standard InChI is InChI=1S/C20H33N3O3S/c1-5-23-14-6-7-17(23)15-21-19(24)12-13-22-27(25,26)18-10-8-16(9-11-18)20(2,3)4/h8-11,17,22H,5-7,12-15H2,1-4H3,(H,21,24). The number of nitrogens with one attached hydrogen (secondary N) is 2. The van der Waals surface area contributed by atoms with Gasteiger partial charge in [-0.15, -0.1) is 0 Å². The third-order valence-electron chi connectivity index (χ3n) is 5.11. The maximum atomic E-state index is 12.4. The van der Waals surface area contributed by atoms with Crippen molar-refractivity contribution in [1.82, 2.24) is 14.9 Å². The molecule has 1 aromatic rings. The van der Waals surface area contributed by atoms with E-state index in [1.165, 1.54) is 6.42 Å². The van der Waals surface area contributed by atoms with Gasteiger partial charge >= 0.3 is 0 Å². The van der Waals surface area contributed by atoms with Gasteiger partial charge in [0.1, 0.15) is 0 Å². The summed E-state index contributed by atoms with van der Waals surface area (Å²) in [6.07, 6.45) is 2.41. The zero-order valence-corrected chi connectivity index (χ0v) is 17.7.